The molecule has 6 heteroatoms. The Bertz CT molecular complexity index is 594. The Morgan fingerprint density at radius 2 is 2.20 bits per heavy atom. The third-order valence-corrected chi connectivity index (χ3v) is 2.89. The van der Waals surface area contributed by atoms with Crippen LogP contribution in [-0.2, 0) is 0 Å². The van der Waals surface area contributed by atoms with E-state index in [0.717, 1.165) is 6.42 Å². The first-order valence-corrected chi connectivity index (χ1v) is 6.54. The molecule has 0 bridgehead atoms. The summed E-state index contributed by atoms with van der Waals surface area (Å²) >= 11 is 0. The maximum atomic E-state index is 12.0. The maximum absolute atomic E-state index is 12.0. The van der Waals surface area contributed by atoms with Crippen molar-refractivity contribution in [2.24, 2.45) is 0 Å². The molecular weight excluding hydrogens is 256 g/mol. The lowest BCUT2D eigenvalue weighted by molar-refractivity contribution is 0.0939. The number of aromatic nitrogens is 2. The molecule has 0 aliphatic rings. The molecule has 106 valence electrons. The summed E-state index contributed by atoms with van der Waals surface area (Å²) in [6, 6.07) is 3.64. The van der Waals surface area contributed by atoms with E-state index in [2.05, 4.69) is 20.8 Å². The third kappa shape index (κ3) is 3.57. The summed E-state index contributed by atoms with van der Waals surface area (Å²) < 4.78 is 4.97. The lowest BCUT2D eigenvalue weighted by atomic mass is 10.2. The highest BCUT2D eigenvalue weighted by atomic mass is 16.5. The lowest BCUT2D eigenvalue weighted by Gasteiger charge is -2.11. The summed E-state index contributed by atoms with van der Waals surface area (Å²) in [5.41, 5.74) is 1.20. The zero-order valence-electron chi connectivity index (χ0n) is 11.8. The Morgan fingerprint density at radius 1 is 1.40 bits per heavy atom. The quantitative estimate of drug-likeness (QED) is 0.876. The number of anilines is 2. The van der Waals surface area contributed by atoms with Gasteiger partial charge in [0.15, 0.2) is 5.82 Å². The van der Waals surface area contributed by atoms with E-state index in [4.69, 9.17) is 4.52 Å². The highest BCUT2D eigenvalue weighted by molar-refractivity contribution is 5.95. The minimum atomic E-state index is -0.133. The van der Waals surface area contributed by atoms with Crippen molar-refractivity contribution in [3.05, 3.63) is 35.9 Å². The zero-order chi connectivity index (χ0) is 14.5. The fourth-order valence-electron chi connectivity index (χ4n) is 1.61. The first-order chi connectivity index (χ1) is 9.58. The van der Waals surface area contributed by atoms with Crippen LogP contribution in [-0.4, -0.2) is 22.1 Å². The minimum Gasteiger partial charge on any atom is -0.360 e. The van der Waals surface area contributed by atoms with Gasteiger partial charge in [-0.2, -0.15) is 0 Å². The van der Waals surface area contributed by atoms with Crippen LogP contribution in [0.25, 0.3) is 0 Å². The summed E-state index contributed by atoms with van der Waals surface area (Å²) in [7, 11) is 0. The number of pyridine rings is 1. The van der Waals surface area contributed by atoms with Crippen molar-refractivity contribution in [2.75, 3.05) is 5.32 Å². The molecule has 0 aliphatic carbocycles. The van der Waals surface area contributed by atoms with Crippen molar-refractivity contribution in [1.82, 2.24) is 15.5 Å². The van der Waals surface area contributed by atoms with Gasteiger partial charge in [-0.25, -0.2) is 0 Å². The molecule has 0 spiro atoms. The van der Waals surface area contributed by atoms with Crippen LogP contribution in [0.5, 0.6) is 0 Å². The van der Waals surface area contributed by atoms with Crippen molar-refractivity contribution < 1.29 is 9.32 Å². The van der Waals surface area contributed by atoms with Crippen molar-refractivity contribution in [2.45, 2.75) is 33.2 Å². The van der Waals surface area contributed by atoms with E-state index in [0.29, 0.717) is 22.8 Å². The van der Waals surface area contributed by atoms with E-state index in [9.17, 15) is 4.79 Å². The van der Waals surface area contributed by atoms with Crippen molar-refractivity contribution in [3.8, 4) is 0 Å². The van der Waals surface area contributed by atoms with E-state index in [1.165, 1.54) is 6.20 Å². The molecule has 2 aromatic heterocycles. The predicted octanol–water partition coefficient (Wildman–Crippen LogP) is 2.65. The largest absolute Gasteiger partial charge is 0.360 e. The van der Waals surface area contributed by atoms with Gasteiger partial charge >= 0.3 is 0 Å². The molecule has 0 radical (unpaired) electrons. The second-order valence-electron chi connectivity index (χ2n) is 4.69. The van der Waals surface area contributed by atoms with Crippen LogP contribution < -0.4 is 10.6 Å². The zero-order valence-corrected chi connectivity index (χ0v) is 11.8. The van der Waals surface area contributed by atoms with Gasteiger partial charge in [0.2, 0.25) is 0 Å². The SMILES string of the molecule is CCC(C)NC(=O)c1cncc(Nc2cc(C)on2)c1. The van der Waals surface area contributed by atoms with Crippen LogP contribution in [0.15, 0.2) is 29.0 Å². The van der Waals surface area contributed by atoms with Gasteiger partial charge in [0, 0.05) is 18.3 Å². The Hall–Kier alpha value is -2.37. The smallest absolute Gasteiger partial charge is 0.253 e. The van der Waals surface area contributed by atoms with Crippen LogP contribution >= 0.6 is 0 Å². The fraction of sp³-hybridized carbons (Fsp3) is 0.357. The molecule has 0 saturated heterocycles. The first kappa shape index (κ1) is 14.0. The molecular formula is C14H18N4O2. The average Bonchev–Trinajstić information content (AvgIpc) is 2.84. The van der Waals surface area contributed by atoms with E-state index in [1.807, 2.05) is 20.8 Å². The highest BCUT2D eigenvalue weighted by Crippen LogP contribution is 2.16. The predicted molar refractivity (Wildman–Crippen MR) is 76.0 cm³/mol. The van der Waals surface area contributed by atoms with Gasteiger partial charge in [0.25, 0.3) is 5.91 Å². The molecule has 2 heterocycles. The Kier molecular flexibility index (Phi) is 4.34. The molecule has 2 N–H and O–H groups in total. The molecule has 1 unspecified atom stereocenters. The van der Waals surface area contributed by atoms with Gasteiger partial charge < -0.3 is 15.2 Å². The van der Waals surface area contributed by atoms with Crippen LogP contribution in [0.1, 0.15) is 36.4 Å². The molecule has 0 fully saturated rings. The number of hydrogen-bond acceptors (Lipinski definition) is 5. The number of rotatable bonds is 5. The van der Waals surface area contributed by atoms with Crippen molar-refractivity contribution in [3.63, 3.8) is 0 Å². The third-order valence-electron chi connectivity index (χ3n) is 2.89. The molecule has 1 atom stereocenters. The molecule has 6 nitrogen and oxygen atoms in total. The summed E-state index contributed by atoms with van der Waals surface area (Å²) in [5, 5.41) is 9.77. The first-order valence-electron chi connectivity index (χ1n) is 6.54. The Balaban J connectivity index is 2.09. The maximum Gasteiger partial charge on any atom is 0.253 e. The summed E-state index contributed by atoms with van der Waals surface area (Å²) in [4.78, 5) is 16.1. The number of nitrogens with zero attached hydrogens (tertiary/aromatic N) is 2. The molecule has 1 amide bonds. The Morgan fingerprint density at radius 3 is 2.85 bits per heavy atom. The van der Waals surface area contributed by atoms with Crippen molar-refractivity contribution in [1.29, 1.82) is 0 Å². The van der Waals surface area contributed by atoms with Gasteiger partial charge in [-0.3, -0.25) is 9.78 Å². The standard InChI is InChI=1S/C14H18N4O2/c1-4-9(2)16-14(19)11-6-12(8-15-7-11)17-13-5-10(3)20-18-13/h5-9H,4H2,1-3H3,(H,16,19)(H,17,18). The van der Waals surface area contributed by atoms with Gasteiger partial charge in [0.05, 0.1) is 17.4 Å². The molecule has 0 aliphatic heterocycles. The van der Waals surface area contributed by atoms with Gasteiger partial charge in [-0.15, -0.1) is 0 Å². The molecule has 2 rings (SSSR count). The number of amides is 1. The lowest BCUT2D eigenvalue weighted by Crippen LogP contribution is -2.31. The van der Waals surface area contributed by atoms with E-state index in [1.54, 1.807) is 18.3 Å². The second kappa shape index (κ2) is 6.18. The normalized spacial score (nSPS) is 11.9. The summed E-state index contributed by atoms with van der Waals surface area (Å²) in [6.45, 7) is 5.80. The molecule has 2 aromatic rings. The van der Waals surface area contributed by atoms with Gasteiger partial charge in [-0.05, 0) is 26.3 Å². The second-order valence-corrected chi connectivity index (χ2v) is 4.69. The van der Waals surface area contributed by atoms with Gasteiger partial charge in [0.1, 0.15) is 5.76 Å². The summed E-state index contributed by atoms with van der Waals surface area (Å²) in [6.07, 6.45) is 4.05. The summed E-state index contributed by atoms with van der Waals surface area (Å²) in [5.74, 6) is 1.17. The Labute approximate surface area is 117 Å². The number of carbonyl (C=O) groups is 1. The molecule has 0 aromatic carbocycles. The van der Waals surface area contributed by atoms with E-state index in [-0.39, 0.29) is 11.9 Å². The molecule has 0 saturated carbocycles. The monoisotopic (exact) mass is 274 g/mol. The van der Waals surface area contributed by atoms with Crippen LogP contribution in [0.3, 0.4) is 0 Å². The topological polar surface area (TPSA) is 80.0 Å². The van der Waals surface area contributed by atoms with E-state index < -0.39 is 0 Å². The van der Waals surface area contributed by atoms with Crippen LogP contribution in [0.2, 0.25) is 0 Å². The fourth-order valence-corrected chi connectivity index (χ4v) is 1.61. The average molecular weight is 274 g/mol. The van der Waals surface area contributed by atoms with Crippen LogP contribution in [0, 0.1) is 6.92 Å². The molecule has 20 heavy (non-hydrogen) atoms. The van der Waals surface area contributed by atoms with Gasteiger partial charge in [-0.1, -0.05) is 12.1 Å². The number of carbonyl (C=O) groups excluding carboxylic acids is 1. The highest BCUT2D eigenvalue weighted by Gasteiger charge is 2.10. The van der Waals surface area contributed by atoms with E-state index >= 15 is 0 Å². The number of hydrogen-bond donors (Lipinski definition) is 2. The number of nitrogens with one attached hydrogen (secondary N) is 2. The van der Waals surface area contributed by atoms with Crippen molar-refractivity contribution >= 4 is 17.4 Å². The number of aryl methyl sites for hydroxylation is 1. The minimum absolute atomic E-state index is 0.133. The van der Waals surface area contributed by atoms with Crippen LogP contribution in [0.4, 0.5) is 11.5 Å².